The van der Waals surface area contributed by atoms with Crippen LogP contribution in [0.15, 0.2) is 77.7 Å². The van der Waals surface area contributed by atoms with Gasteiger partial charge in [0.05, 0.1) is 24.3 Å². The van der Waals surface area contributed by atoms with Crippen molar-refractivity contribution in [2.75, 3.05) is 24.6 Å². The molecule has 0 saturated carbocycles. The molecule has 1 N–H and O–H groups in total. The van der Waals surface area contributed by atoms with Gasteiger partial charge in [0, 0.05) is 12.6 Å². The molecule has 3 aromatic rings. The molecule has 0 saturated heterocycles. The number of rotatable bonds is 14. The summed E-state index contributed by atoms with van der Waals surface area (Å²) >= 11 is 0. The summed E-state index contributed by atoms with van der Waals surface area (Å²) in [5, 5.41) is 2.90. The van der Waals surface area contributed by atoms with Gasteiger partial charge in [-0.15, -0.1) is 0 Å². The first-order valence-corrected chi connectivity index (χ1v) is 15.5. The molecule has 3 aromatic carbocycles. The topological polar surface area (TPSA) is 105 Å². The molecular weight excluding hydrogens is 554 g/mol. The highest BCUT2D eigenvalue weighted by Crippen LogP contribution is 2.33. The lowest BCUT2D eigenvalue weighted by molar-refractivity contribution is -0.140. The predicted octanol–water partition coefficient (Wildman–Crippen LogP) is 4.93. The molecule has 1 atom stereocenters. The van der Waals surface area contributed by atoms with Crippen molar-refractivity contribution in [2.45, 2.75) is 64.6 Å². The highest BCUT2D eigenvalue weighted by Gasteiger charge is 2.34. The van der Waals surface area contributed by atoms with Gasteiger partial charge in [-0.1, -0.05) is 48.9 Å². The summed E-state index contributed by atoms with van der Waals surface area (Å²) in [4.78, 5) is 29.0. The summed E-state index contributed by atoms with van der Waals surface area (Å²) in [6.07, 6.45) is 0.334. The Hall–Kier alpha value is -4.05. The highest BCUT2D eigenvalue weighted by atomic mass is 32.2. The molecule has 0 unspecified atom stereocenters. The van der Waals surface area contributed by atoms with E-state index in [9.17, 15) is 18.0 Å². The standard InChI is InChI=1S/C32H41N3O6S/c1-7-28(32(37)33-23(3)4)34(21-25-15-17-26(40-6)18-16-25)31(36)22-35(29-11-9-10-12-30(29)41-8-2)42(38,39)27-19-13-24(5)14-20-27/h9-20,23,28H,7-8,21-22H2,1-6H3,(H,33,37)/t28-/m0/s1. The number of hydrogen-bond donors (Lipinski definition) is 1. The van der Waals surface area contributed by atoms with E-state index in [-0.39, 0.29) is 29.1 Å². The number of ether oxygens (including phenoxy) is 2. The van der Waals surface area contributed by atoms with Crippen LogP contribution >= 0.6 is 0 Å². The Morgan fingerprint density at radius 1 is 0.929 bits per heavy atom. The van der Waals surface area contributed by atoms with Crippen molar-refractivity contribution >= 4 is 27.5 Å². The normalized spacial score (nSPS) is 12.0. The van der Waals surface area contributed by atoms with Gasteiger partial charge in [0.1, 0.15) is 24.1 Å². The maximum absolute atomic E-state index is 14.2. The highest BCUT2D eigenvalue weighted by molar-refractivity contribution is 7.92. The van der Waals surface area contributed by atoms with E-state index < -0.39 is 28.5 Å². The molecule has 3 rings (SSSR count). The number of anilines is 1. The Bertz CT molecular complexity index is 1440. The molecule has 2 amide bonds. The minimum absolute atomic E-state index is 0.0403. The van der Waals surface area contributed by atoms with Crippen molar-refractivity contribution in [3.05, 3.63) is 83.9 Å². The Morgan fingerprint density at radius 2 is 1.57 bits per heavy atom. The monoisotopic (exact) mass is 595 g/mol. The van der Waals surface area contributed by atoms with Gasteiger partial charge in [-0.05, 0) is 76.1 Å². The number of carbonyl (C=O) groups is 2. The molecule has 42 heavy (non-hydrogen) atoms. The van der Waals surface area contributed by atoms with Crippen molar-refractivity contribution in [1.82, 2.24) is 10.2 Å². The summed E-state index contributed by atoms with van der Waals surface area (Å²) in [5.41, 5.74) is 1.90. The number of nitrogens with one attached hydrogen (secondary N) is 1. The van der Waals surface area contributed by atoms with E-state index in [1.165, 1.54) is 17.0 Å². The Kier molecular flexibility index (Phi) is 11.4. The van der Waals surface area contributed by atoms with Crippen LogP contribution in [0.25, 0.3) is 0 Å². The van der Waals surface area contributed by atoms with Gasteiger partial charge in [0.25, 0.3) is 10.0 Å². The smallest absolute Gasteiger partial charge is 0.264 e. The van der Waals surface area contributed by atoms with Crippen molar-refractivity contribution in [3.8, 4) is 11.5 Å². The SMILES string of the molecule is CCOc1ccccc1N(CC(=O)N(Cc1ccc(OC)cc1)[C@@H](CC)C(=O)NC(C)C)S(=O)(=O)c1ccc(C)cc1. The number of nitrogens with zero attached hydrogens (tertiary/aromatic N) is 2. The molecule has 0 aliphatic rings. The average Bonchev–Trinajstić information content (AvgIpc) is 2.96. The first kappa shape index (κ1) is 32.5. The minimum atomic E-state index is -4.21. The molecule has 10 heteroatoms. The van der Waals surface area contributed by atoms with Crippen LogP contribution in [0.1, 0.15) is 45.2 Å². The van der Waals surface area contributed by atoms with Gasteiger partial charge >= 0.3 is 0 Å². The van der Waals surface area contributed by atoms with E-state index >= 15 is 0 Å². The number of methoxy groups -OCH3 is 1. The van der Waals surface area contributed by atoms with Crippen LogP contribution in [0.2, 0.25) is 0 Å². The lowest BCUT2D eigenvalue weighted by Crippen LogP contribution is -2.53. The van der Waals surface area contributed by atoms with Gasteiger partial charge < -0.3 is 19.7 Å². The molecule has 0 heterocycles. The fourth-order valence-electron chi connectivity index (χ4n) is 4.52. The second kappa shape index (κ2) is 14.7. The van der Waals surface area contributed by atoms with Gasteiger partial charge in [0.2, 0.25) is 11.8 Å². The second-order valence-electron chi connectivity index (χ2n) is 10.2. The number of aryl methyl sites for hydroxylation is 1. The van der Waals surface area contributed by atoms with Crippen LogP contribution in [0, 0.1) is 6.92 Å². The van der Waals surface area contributed by atoms with Crippen LogP contribution in [-0.4, -0.2) is 57.5 Å². The lowest BCUT2D eigenvalue weighted by Gasteiger charge is -2.34. The number of para-hydroxylation sites is 2. The van der Waals surface area contributed by atoms with E-state index in [0.717, 1.165) is 15.4 Å². The summed E-state index contributed by atoms with van der Waals surface area (Å²) in [5.74, 6) is 0.148. The number of carbonyl (C=O) groups excluding carboxylic acids is 2. The predicted molar refractivity (Wildman–Crippen MR) is 164 cm³/mol. The Morgan fingerprint density at radius 3 is 2.14 bits per heavy atom. The van der Waals surface area contributed by atoms with E-state index in [4.69, 9.17) is 9.47 Å². The minimum Gasteiger partial charge on any atom is -0.497 e. The molecule has 0 fully saturated rings. The van der Waals surface area contributed by atoms with Crippen molar-refractivity contribution in [1.29, 1.82) is 0 Å². The van der Waals surface area contributed by atoms with Crippen LogP contribution in [-0.2, 0) is 26.2 Å². The third kappa shape index (κ3) is 8.03. The zero-order valence-electron chi connectivity index (χ0n) is 25.2. The Balaban J connectivity index is 2.11. The van der Waals surface area contributed by atoms with Crippen molar-refractivity contribution in [3.63, 3.8) is 0 Å². The second-order valence-corrected chi connectivity index (χ2v) is 12.0. The summed E-state index contributed by atoms with van der Waals surface area (Å²) in [7, 11) is -2.64. The molecule has 0 bridgehead atoms. The van der Waals surface area contributed by atoms with E-state index in [0.29, 0.717) is 24.5 Å². The summed E-state index contributed by atoms with van der Waals surface area (Å²) in [6.45, 7) is 9.05. The van der Waals surface area contributed by atoms with Crippen molar-refractivity contribution in [2.24, 2.45) is 0 Å². The molecule has 226 valence electrons. The van der Waals surface area contributed by atoms with Crippen LogP contribution < -0.4 is 19.1 Å². The maximum atomic E-state index is 14.2. The molecule has 0 aliphatic heterocycles. The molecular formula is C32H41N3O6S. The van der Waals surface area contributed by atoms with E-state index in [2.05, 4.69) is 5.32 Å². The van der Waals surface area contributed by atoms with Crippen LogP contribution in [0.5, 0.6) is 11.5 Å². The number of benzene rings is 3. The average molecular weight is 596 g/mol. The maximum Gasteiger partial charge on any atom is 0.264 e. The summed E-state index contributed by atoms with van der Waals surface area (Å²) in [6, 6.07) is 19.4. The van der Waals surface area contributed by atoms with Gasteiger partial charge in [0.15, 0.2) is 0 Å². The number of hydrogen-bond acceptors (Lipinski definition) is 6. The quantitative estimate of drug-likeness (QED) is 0.283. The third-order valence-electron chi connectivity index (χ3n) is 6.65. The number of sulfonamides is 1. The first-order valence-electron chi connectivity index (χ1n) is 14.1. The molecule has 0 spiro atoms. The van der Waals surface area contributed by atoms with Crippen molar-refractivity contribution < 1.29 is 27.5 Å². The molecule has 9 nitrogen and oxygen atoms in total. The zero-order valence-corrected chi connectivity index (χ0v) is 26.0. The van der Waals surface area contributed by atoms with E-state index in [1.807, 2.05) is 39.8 Å². The fourth-order valence-corrected chi connectivity index (χ4v) is 5.94. The zero-order chi connectivity index (χ0) is 30.9. The first-order chi connectivity index (χ1) is 20.0. The Labute approximate surface area is 249 Å². The van der Waals surface area contributed by atoms with Gasteiger partial charge in [-0.3, -0.25) is 13.9 Å². The van der Waals surface area contributed by atoms with Gasteiger partial charge in [-0.25, -0.2) is 8.42 Å². The number of amides is 2. The van der Waals surface area contributed by atoms with Crippen LogP contribution in [0.3, 0.4) is 0 Å². The largest absolute Gasteiger partial charge is 0.497 e. The molecule has 0 aliphatic carbocycles. The van der Waals surface area contributed by atoms with Gasteiger partial charge in [-0.2, -0.15) is 0 Å². The third-order valence-corrected chi connectivity index (χ3v) is 8.42. The molecule has 0 radical (unpaired) electrons. The summed E-state index contributed by atoms with van der Waals surface area (Å²) < 4.78 is 40.3. The lowest BCUT2D eigenvalue weighted by atomic mass is 10.1. The van der Waals surface area contributed by atoms with E-state index in [1.54, 1.807) is 62.6 Å². The van der Waals surface area contributed by atoms with Crippen LogP contribution in [0.4, 0.5) is 5.69 Å². The molecule has 0 aromatic heterocycles. The fraction of sp³-hybridized carbons (Fsp3) is 0.375.